The Morgan fingerprint density at radius 1 is 0.824 bits per heavy atom. The largest absolute Gasteiger partial charge is 0.352 e. The summed E-state index contributed by atoms with van der Waals surface area (Å²) in [5.74, 6) is -0.0841. The highest BCUT2D eigenvalue weighted by Crippen LogP contribution is 2.20. The lowest BCUT2D eigenvalue weighted by atomic mass is 10.0. The zero-order valence-electron chi connectivity index (χ0n) is 20.0. The minimum Gasteiger partial charge on any atom is -0.352 e. The molecule has 176 valence electrons. The van der Waals surface area contributed by atoms with Gasteiger partial charge in [-0.1, -0.05) is 103 Å². The quantitative estimate of drug-likeness (QED) is 0.481. The summed E-state index contributed by atoms with van der Waals surface area (Å²) in [5, 5.41) is 3.26. The zero-order chi connectivity index (χ0) is 23.8. The van der Waals surface area contributed by atoms with Crippen LogP contribution in [0.3, 0.4) is 0 Å². The lowest BCUT2D eigenvalue weighted by Crippen LogP contribution is -2.52. The molecule has 3 aromatic carbocycles. The fourth-order valence-corrected chi connectivity index (χ4v) is 4.68. The number of carbonyl (C=O) groups is 2. The molecule has 0 spiro atoms. The molecule has 0 radical (unpaired) electrons. The maximum atomic E-state index is 13.7. The molecule has 1 aliphatic carbocycles. The van der Waals surface area contributed by atoms with Gasteiger partial charge >= 0.3 is 0 Å². The number of hydrogen-bond donors (Lipinski definition) is 1. The molecule has 4 heteroatoms. The van der Waals surface area contributed by atoms with Crippen LogP contribution in [0.4, 0.5) is 0 Å². The first-order chi connectivity index (χ1) is 16.6. The SMILES string of the molecule is Cc1ccc(CC(=O)N(Cc2ccccc2)[C@H](Cc2ccccc2)C(=O)NC2CCCC2)cc1. The van der Waals surface area contributed by atoms with Crippen molar-refractivity contribution in [3.05, 3.63) is 107 Å². The summed E-state index contributed by atoms with van der Waals surface area (Å²) in [6.45, 7) is 2.44. The van der Waals surface area contributed by atoms with Gasteiger partial charge in [-0.05, 0) is 36.5 Å². The van der Waals surface area contributed by atoms with E-state index in [0.717, 1.165) is 47.9 Å². The van der Waals surface area contributed by atoms with Crippen molar-refractivity contribution in [1.29, 1.82) is 0 Å². The number of benzene rings is 3. The summed E-state index contributed by atoms with van der Waals surface area (Å²) in [4.78, 5) is 29.1. The molecule has 0 bridgehead atoms. The van der Waals surface area contributed by atoms with Gasteiger partial charge in [0.2, 0.25) is 11.8 Å². The van der Waals surface area contributed by atoms with E-state index >= 15 is 0 Å². The number of carbonyl (C=O) groups excluding carboxylic acids is 2. The van der Waals surface area contributed by atoms with Crippen LogP contribution in [0.1, 0.15) is 47.9 Å². The summed E-state index contributed by atoms with van der Waals surface area (Å²) in [5.41, 5.74) is 4.19. The van der Waals surface area contributed by atoms with E-state index in [1.165, 1.54) is 0 Å². The molecule has 0 unspecified atom stereocenters. The Kier molecular flexibility index (Phi) is 8.13. The van der Waals surface area contributed by atoms with E-state index in [-0.39, 0.29) is 24.3 Å². The average molecular weight is 455 g/mol. The fourth-order valence-electron chi connectivity index (χ4n) is 4.68. The maximum absolute atomic E-state index is 13.7. The minimum atomic E-state index is -0.568. The Morgan fingerprint density at radius 2 is 1.41 bits per heavy atom. The predicted octanol–water partition coefficient (Wildman–Crippen LogP) is 5.24. The van der Waals surface area contributed by atoms with Gasteiger partial charge in [0, 0.05) is 19.0 Å². The third-order valence-electron chi connectivity index (χ3n) is 6.64. The van der Waals surface area contributed by atoms with Gasteiger partial charge in [-0.3, -0.25) is 9.59 Å². The zero-order valence-corrected chi connectivity index (χ0v) is 20.0. The smallest absolute Gasteiger partial charge is 0.243 e. The normalized spacial score (nSPS) is 14.5. The summed E-state index contributed by atoms with van der Waals surface area (Å²) < 4.78 is 0. The molecule has 1 saturated carbocycles. The van der Waals surface area contributed by atoms with Crippen molar-refractivity contribution < 1.29 is 9.59 Å². The van der Waals surface area contributed by atoms with Crippen LogP contribution < -0.4 is 5.32 Å². The molecule has 0 aromatic heterocycles. The third kappa shape index (κ3) is 6.57. The molecule has 34 heavy (non-hydrogen) atoms. The van der Waals surface area contributed by atoms with E-state index in [0.29, 0.717) is 13.0 Å². The maximum Gasteiger partial charge on any atom is 0.243 e. The number of rotatable bonds is 9. The number of nitrogens with zero attached hydrogens (tertiary/aromatic N) is 1. The predicted molar refractivity (Wildman–Crippen MR) is 136 cm³/mol. The van der Waals surface area contributed by atoms with Gasteiger partial charge in [-0.25, -0.2) is 0 Å². The molecule has 2 amide bonds. The van der Waals surface area contributed by atoms with Gasteiger partial charge < -0.3 is 10.2 Å². The summed E-state index contributed by atoms with van der Waals surface area (Å²) in [7, 11) is 0. The van der Waals surface area contributed by atoms with Crippen molar-refractivity contribution >= 4 is 11.8 Å². The highest BCUT2D eigenvalue weighted by Gasteiger charge is 2.32. The number of aryl methyl sites for hydroxylation is 1. The molecule has 0 aliphatic heterocycles. The second kappa shape index (κ2) is 11.6. The molecule has 0 heterocycles. The average Bonchev–Trinajstić information content (AvgIpc) is 3.37. The molecule has 1 fully saturated rings. The lowest BCUT2D eigenvalue weighted by molar-refractivity contribution is -0.141. The fraction of sp³-hybridized carbons (Fsp3) is 0.333. The summed E-state index contributed by atoms with van der Waals surface area (Å²) in [6.07, 6.45) is 5.09. The van der Waals surface area contributed by atoms with Crippen molar-refractivity contribution in [3.8, 4) is 0 Å². The minimum absolute atomic E-state index is 0.0322. The summed E-state index contributed by atoms with van der Waals surface area (Å²) in [6, 6.07) is 27.6. The van der Waals surface area contributed by atoms with Gasteiger partial charge in [0.05, 0.1) is 6.42 Å². The molecule has 4 nitrogen and oxygen atoms in total. The molecular weight excluding hydrogens is 420 g/mol. The van der Waals surface area contributed by atoms with Gasteiger partial charge in [0.15, 0.2) is 0 Å². The first-order valence-electron chi connectivity index (χ1n) is 12.3. The van der Waals surface area contributed by atoms with Gasteiger partial charge in [-0.15, -0.1) is 0 Å². The van der Waals surface area contributed by atoms with Crippen molar-refractivity contribution in [3.63, 3.8) is 0 Å². The number of hydrogen-bond acceptors (Lipinski definition) is 2. The second-order valence-corrected chi connectivity index (χ2v) is 9.37. The van der Waals surface area contributed by atoms with Crippen LogP contribution in [0.2, 0.25) is 0 Å². The Labute approximate surface area is 203 Å². The van der Waals surface area contributed by atoms with Gasteiger partial charge in [-0.2, -0.15) is 0 Å². The topological polar surface area (TPSA) is 49.4 Å². The standard InChI is InChI=1S/C30H34N2O2/c1-23-16-18-25(19-17-23)21-29(33)32(22-26-12-6-3-7-13-26)28(20-24-10-4-2-5-11-24)30(34)31-27-14-8-9-15-27/h2-7,10-13,16-19,27-28H,8-9,14-15,20-22H2,1H3,(H,31,34)/t28-/m1/s1. The Bertz CT molecular complexity index is 1060. The third-order valence-corrected chi connectivity index (χ3v) is 6.64. The van der Waals surface area contributed by atoms with Crippen LogP contribution in [-0.2, 0) is 29.0 Å². The Balaban J connectivity index is 1.63. The molecule has 4 rings (SSSR count). The van der Waals surface area contributed by atoms with Crippen molar-refractivity contribution in [2.45, 2.75) is 64.1 Å². The van der Waals surface area contributed by atoms with Crippen LogP contribution >= 0.6 is 0 Å². The number of amides is 2. The van der Waals surface area contributed by atoms with Gasteiger partial charge in [0.25, 0.3) is 0 Å². The molecule has 1 N–H and O–H groups in total. The van der Waals surface area contributed by atoms with Crippen LogP contribution in [0.5, 0.6) is 0 Å². The van der Waals surface area contributed by atoms with E-state index in [1.807, 2.05) is 91.9 Å². The monoisotopic (exact) mass is 454 g/mol. The van der Waals surface area contributed by atoms with Crippen molar-refractivity contribution in [2.75, 3.05) is 0 Å². The highest BCUT2D eigenvalue weighted by molar-refractivity contribution is 5.89. The van der Waals surface area contributed by atoms with E-state index in [1.54, 1.807) is 4.90 Å². The molecule has 3 aromatic rings. The highest BCUT2D eigenvalue weighted by atomic mass is 16.2. The second-order valence-electron chi connectivity index (χ2n) is 9.37. The molecular formula is C30H34N2O2. The summed E-state index contributed by atoms with van der Waals surface area (Å²) >= 11 is 0. The first kappa shape index (κ1) is 23.7. The van der Waals surface area contributed by atoms with Crippen molar-refractivity contribution in [2.24, 2.45) is 0 Å². The Morgan fingerprint density at radius 3 is 2.03 bits per heavy atom. The van der Waals surface area contributed by atoms with E-state index in [9.17, 15) is 9.59 Å². The molecule has 0 saturated heterocycles. The van der Waals surface area contributed by atoms with E-state index in [4.69, 9.17) is 0 Å². The molecule has 1 aliphatic rings. The lowest BCUT2D eigenvalue weighted by Gasteiger charge is -2.32. The van der Waals surface area contributed by atoms with Crippen molar-refractivity contribution in [1.82, 2.24) is 10.2 Å². The number of nitrogens with one attached hydrogen (secondary N) is 1. The van der Waals surface area contributed by atoms with Gasteiger partial charge in [0.1, 0.15) is 6.04 Å². The van der Waals surface area contributed by atoms with Crippen LogP contribution in [0.25, 0.3) is 0 Å². The van der Waals surface area contributed by atoms with Crippen LogP contribution in [0, 0.1) is 6.92 Å². The van der Waals surface area contributed by atoms with E-state index < -0.39 is 6.04 Å². The van der Waals surface area contributed by atoms with Crippen LogP contribution in [0.15, 0.2) is 84.9 Å². The molecule has 1 atom stereocenters. The Hall–Kier alpha value is -3.40. The van der Waals surface area contributed by atoms with Crippen LogP contribution in [-0.4, -0.2) is 28.8 Å². The van der Waals surface area contributed by atoms with E-state index in [2.05, 4.69) is 5.32 Å². The first-order valence-corrected chi connectivity index (χ1v) is 12.3.